The molecule has 1 aliphatic rings. The fraction of sp³-hybridized carbons (Fsp3) is 1.00. The van der Waals surface area contributed by atoms with Gasteiger partial charge in [-0.05, 0) is 24.7 Å². The first-order chi connectivity index (χ1) is 7.04. The van der Waals surface area contributed by atoms with Gasteiger partial charge in [0.15, 0.2) is 0 Å². The Labute approximate surface area is 95.2 Å². The Morgan fingerprint density at radius 1 is 1.20 bits per heavy atom. The molecule has 90 valence electrons. The highest BCUT2D eigenvalue weighted by Crippen LogP contribution is 2.28. The van der Waals surface area contributed by atoms with Crippen LogP contribution in [-0.2, 0) is 0 Å². The lowest BCUT2D eigenvalue weighted by Gasteiger charge is -2.29. The minimum absolute atomic E-state index is 0.356. The minimum atomic E-state index is 0.356. The van der Waals surface area contributed by atoms with E-state index in [1.54, 1.807) is 0 Å². The van der Waals surface area contributed by atoms with Crippen LogP contribution in [0.25, 0.3) is 0 Å². The van der Waals surface area contributed by atoms with E-state index in [0.29, 0.717) is 12.0 Å². The quantitative estimate of drug-likeness (QED) is 0.702. The summed E-state index contributed by atoms with van der Waals surface area (Å²) in [7, 11) is 0. The van der Waals surface area contributed by atoms with E-state index in [2.05, 4.69) is 32.6 Å². The highest BCUT2D eigenvalue weighted by molar-refractivity contribution is 4.87. The van der Waals surface area contributed by atoms with Crippen LogP contribution in [0.1, 0.15) is 47.0 Å². The maximum Gasteiger partial charge on any atom is 0.0193 e. The number of nitrogens with two attached hydrogens (primary N) is 1. The van der Waals surface area contributed by atoms with Crippen LogP contribution >= 0.6 is 0 Å². The predicted molar refractivity (Wildman–Crippen MR) is 66.9 cm³/mol. The molecule has 0 spiro atoms. The van der Waals surface area contributed by atoms with Gasteiger partial charge in [0.1, 0.15) is 0 Å². The van der Waals surface area contributed by atoms with E-state index in [1.807, 2.05) is 0 Å². The predicted octanol–water partition coefficient (Wildman–Crippen LogP) is 2.48. The van der Waals surface area contributed by atoms with Gasteiger partial charge < -0.3 is 5.73 Å². The van der Waals surface area contributed by atoms with Crippen LogP contribution in [0, 0.1) is 11.8 Å². The summed E-state index contributed by atoms with van der Waals surface area (Å²) in [6.07, 6.45) is 3.97. The summed E-state index contributed by atoms with van der Waals surface area (Å²) < 4.78 is 0. The largest absolute Gasteiger partial charge is 0.326 e. The highest BCUT2D eigenvalue weighted by atomic mass is 15.2. The van der Waals surface area contributed by atoms with Crippen molar-refractivity contribution in [1.82, 2.24) is 4.90 Å². The lowest BCUT2D eigenvalue weighted by Crippen LogP contribution is -2.43. The topological polar surface area (TPSA) is 29.3 Å². The third-order valence-corrected chi connectivity index (χ3v) is 3.48. The standard InChI is InChI=1S/C13H28N2/c1-5-11(4)13(14)9-15(8-10(2)3)12-6-7-12/h10-13H,5-9,14H2,1-4H3. The lowest BCUT2D eigenvalue weighted by atomic mass is 9.99. The van der Waals surface area contributed by atoms with Crippen molar-refractivity contribution in [2.45, 2.75) is 59.0 Å². The van der Waals surface area contributed by atoms with Gasteiger partial charge in [-0.3, -0.25) is 4.90 Å². The van der Waals surface area contributed by atoms with Gasteiger partial charge in [-0.1, -0.05) is 34.1 Å². The minimum Gasteiger partial charge on any atom is -0.326 e. The van der Waals surface area contributed by atoms with E-state index in [1.165, 1.54) is 25.8 Å². The Kier molecular flexibility index (Phi) is 5.07. The monoisotopic (exact) mass is 212 g/mol. The van der Waals surface area contributed by atoms with Crippen LogP contribution in [0.5, 0.6) is 0 Å². The maximum atomic E-state index is 6.23. The molecule has 0 aromatic rings. The second-order valence-corrected chi connectivity index (χ2v) is 5.63. The summed E-state index contributed by atoms with van der Waals surface area (Å²) >= 11 is 0. The molecule has 2 unspecified atom stereocenters. The molecule has 1 aliphatic carbocycles. The van der Waals surface area contributed by atoms with Crippen LogP contribution < -0.4 is 5.73 Å². The van der Waals surface area contributed by atoms with Crippen molar-refractivity contribution in [3.8, 4) is 0 Å². The lowest BCUT2D eigenvalue weighted by molar-refractivity contribution is 0.201. The van der Waals surface area contributed by atoms with E-state index < -0.39 is 0 Å². The van der Waals surface area contributed by atoms with Gasteiger partial charge in [0, 0.05) is 25.2 Å². The summed E-state index contributed by atoms with van der Waals surface area (Å²) in [5, 5.41) is 0. The molecule has 15 heavy (non-hydrogen) atoms. The van der Waals surface area contributed by atoms with Gasteiger partial charge in [0.25, 0.3) is 0 Å². The fourth-order valence-electron chi connectivity index (χ4n) is 2.03. The van der Waals surface area contributed by atoms with Crippen LogP contribution in [0.15, 0.2) is 0 Å². The number of rotatable bonds is 7. The molecule has 0 aliphatic heterocycles. The third-order valence-electron chi connectivity index (χ3n) is 3.48. The zero-order chi connectivity index (χ0) is 11.4. The molecule has 2 nitrogen and oxygen atoms in total. The highest BCUT2D eigenvalue weighted by Gasteiger charge is 2.30. The number of hydrogen-bond acceptors (Lipinski definition) is 2. The van der Waals surface area contributed by atoms with E-state index >= 15 is 0 Å². The molecule has 1 fully saturated rings. The molecule has 0 amide bonds. The van der Waals surface area contributed by atoms with Crippen molar-refractivity contribution in [3.05, 3.63) is 0 Å². The average Bonchev–Trinajstić information content (AvgIpc) is 2.97. The van der Waals surface area contributed by atoms with Crippen molar-refractivity contribution in [2.24, 2.45) is 17.6 Å². The molecule has 0 saturated heterocycles. The molecule has 1 rings (SSSR count). The molecule has 1 saturated carbocycles. The molecule has 2 N–H and O–H groups in total. The van der Waals surface area contributed by atoms with E-state index in [0.717, 1.165) is 18.5 Å². The van der Waals surface area contributed by atoms with Crippen molar-refractivity contribution >= 4 is 0 Å². The van der Waals surface area contributed by atoms with E-state index in [9.17, 15) is 0 Å². The van der Waals surface area contributed by atoms with Crippen molar-refractivity contribution < 1.29 is 0 Å². The van der Waals surface area contributed by atoms with Crippen LogP contribution in [0.2, 0.25) is 0 Å². The Hall–Kier alpha value is -0.0800. The van der Waals surface area contributed by atoms with Gasteiger partial charge in [-0.2, -0.15) is 0 Å². The second kappa shape index (κ2) is 5.86. The summed E-state index contributed by atoms with van der Waals surface area (Å²) in [6.45, 7) is 11.4. The van der Waals surface area contributed by atoms with Crippen LogP contribution in [-0.4, -0.2) is 30.1 Å². The molecule has 2 heteroatoms. The van der Waals surface area contributed by atoms with Gasteiger partial charge in [-0.15, -0.1) is 0 Å². The Morgan fingerprint density at radius 2 is 1.80 bits per heavy atom. The molecular formula is C13H28N2. The maximum absolute atomic E-state index is 6.23. The van der Waals surface area contributed by atoms with Crippen LogP contribution in [0.3, 0.4) is 0 Å². The SMILES string of the molecule is CCC(C)C(N)CN(CC(C)C)C1CC1. The Bertz CT molecular complexity index is 175. The Morgan fingerprint density at radius 3 is 2.20 bits per heavy atom. The smallest absolute Gasteiger partial charge is 0.0193 e. The third kappa shape index (κ3) is 4.52. The molecule has 0 aromatic carbocycles. The summed E-state index contributed by atoms with van der Waals surface area (Å²) in [4.78, 5) is 2.61. The fourth-order valence-corrected chi connectivity index (χ4v) is 2.03. The van der Waals surface area contributed by atoms with Crippen molar-refractivity contribution in [3.63, 3.8) is 0 Å². The summed E-state index contributed by atoms with van der Waals surface area (Å²) in [5.41, 5.74) is 6.23. The van der Waals surface area contributed by atoms with Gasteiger partial charge >= 0.3 is 0 Å². The van der Waals surface area contributed by atoms with Crippen molar-refractivity contribution in [1.29, 1.82) is 0 Å². The molecule has 0 heterocycles. The van der Waals surface area contributed by atoms with Gasteiger partial charge in [0.05, 0.1) is 0 Å². The molecule has 0 aromatic heterocycles. The zero-order valence-corrected chi connectivity index (χ0v) is 10.9. The zero-order valence-electron chi connectivity index (χ0n) is 10.9. The second-order valence-electron chi connectivity index (χ2n) is 5.63. The number of hydrogen-bond donors (Lipinski definition) is 1. The first-order valence-corrected chi connectivity index (χ1v) is 6.54. The van der Waals surface area contributed by atoms with E-state index in [4.69, 9.17) is 5.73 Å². The molecular weight excluding hydrogens is 184 g/mol. The van der Waals surface area contributed by atoms with Crippen molar-refractivity contribution in [2.75, 3.05) is 13.1 Å². The first-order valence-electron chi connectivity index (χ1n) is 6.54. The van der Waals surface area contributed by atoms with E-state index in [-0.39, 0.29) is 0 Å². The molecule has 0 bridgehead atoms. The van der Waals surface area contributed by atoms with Crippen LogP contribution in [0.4, 0.5) is 0 Å². The normalized spacial score (nSPS) is 21.0. The summed E-state index contributed by atoms with van der Waals surface area (Å²) in [5.74, 6) is 1.41. The van der Waals surface area contributed by atoms with Gasteiger partial charge in [-0.25, -0.2) is 0 Å². The first kappa shape index (κ1) is 13.0. The number of nitrogens with zero attached hydrogens (tertiary/aromatic N) is 1. The molecule has 0 radical (unpaired) electrons. The average molecular weight is 212 g/mol. The van der Waals surface area contributed by atoms with Gasteiger partial charge in [0.2, 0.25) is 0 Å². The molecule has 2 atom stereocenters. The summed E-state index contributed by atoms with van der Waals surface area (Å²) in [6, 6.07) is 1.21. The Balaban J connectivity index is 2.36.